The number of carbonyl (C=O) groups is 3. The summed E-state index contributed by atoms with van der Waals surface area (Å²) in [4.78, 5) is 35.6. The average molecular weight is 527 g/mol. The molecule has 1 amide bonds. The Hall–Kier alpha value is -3.63. The normalized spacial score (nSPS) is 15.0. The molecule has 5 nitrogen and oxygen atoms in total. The van der Waals surface area contributed by atoms with Gasteiger partial charge >= 0.3 is 18.3 Å². The second kappa shape index (κ2) is 11.2. The van der Waals surface area contributed by atoms with Gasteiger partial charge in [0, 0.05) is 29.7 Å². The van der Waals surface area contributed by atoms with Crippen LogP contribution in [-0.4, -0.2) is 22.8 Å². The average Bonchev–Trinajstić information content (AvgIpc) is 2.79. The standard InChI is InChI=1S/C26H23F6NO4/c27-25(28,29)18-11-15(12-19(14-18)26(30,31)32)10-17-7-6-16-13-20(8-9-21(16)24(17)37)33-22(34)4-2-1-3-5-23(35)36/h8-14H,1-7H2,(H,33,34)(H,35,36). The summed E-state index contributed by atoms with van der Waals surface area (Å²) in [6.07, 6.45) is -6.72. The second-order valence-corrected chi connectivity index (χ2v) is 8.71. The van der Waals surface area contributed by atoms with Crippen molar-refractivity contribution in [1.29, 1.82) is 0 Å². The summed E-state index contributed by atoms with van der Waals surface area (Å²) in [5.41, 5.74) is -1.91. The van der Waals surface area contributed by atoms with Gasteiger partial charge in [0.2, 0.25) is 5.91 Å². The van der Waals surface area contributed by atoms with Crippen LogP contribution < -0.4 is 5.32 Å². The van der Waals surface area contributed by atoms with Gasteiger partial charge < -0.3 is 10.4 Å². The van der Waals surface area contributed by atoms with Gasteiger partial charge in [-0.15, -0.1) is 0 Å². The van der Waals surface area contributed by atoms with Gasteiger partial charge in [0.15, 0.2) is 5.78 Å². The van der Waals surface area contributed by atoms with Gasteiger partial charge in [-0.05, 0) is 79.3 Å². The Morgan fingerprint density at radius 1 is 0.865 bits per heavy atom. The van der Waals surface area contributed by atoms with Crippen molar-refractivity contribution in [3.8, 4) is 0 Å². The third kappa shape index (κ3) is 7.68. The fourth-order valence-electron chi connectivity index (χ4n) is 4.02. The summed E-state index contributed by atoms with van der Waals surface area (Å²) < 4.78 is 78.9. The third-order valence-electron chi connectivity index (χ3n) is 5.83. The van der Waals surface area contributed by atoms with Crippen LogP contribution in [0.25, 0.3) is 6.08 Å². The Morgan fingerprint density at radius 2 is 1.49 bits per heavy atom. The predicted molar refractivity (Wildman–Crippen MR) is 123 cm³/mol. The van der Waals surface area contributed by atoms with Crippen molar-refractivity contribution in [2.45, 2.75) is 57.3 Å². The number of ketones is 1. The fourth-order valence-corrected chi connectivity index (χ4v) is 4.02. The van der Waals surface area contributed by atoms with Crippen LogP contribution in [0.2, 0.25) is 0 Å². The SMILES string of the molecule is O=C(O)CCCCCC(=O)Nc1ccc2c(c1)CCC(=Cc1cc(C(F)(F)F)cc(C(F)(F)F)c1)C2=O. The van der Waals surface area contributed by atoms with Crippen LogP contribution in [0, 0.1) is 0 Å². The smallest absolute Gasteiger partial charge is 0.416 e. The molecule has 0 radical (unpaired) electrons. The van der Waals surface area contributed by atoms with E-state index in [0.717, 1.165) is 6.08 Å². The second-order valence-electron chi connectivity index (χ2n) is 8.71. The van der Waals surface area contributed by atoms with E-state index in [1.54, 1.807) is 6.07 Å². The van der Waals surface area contributed by atoms with Crippen LogP contribution in [0.3, 0.4) is 0 Å². The lowest BCUT2D eigenvalue weighted by atomic mass is 9.85. The number of unbranched alkanes of at least 4 members (excludes halogenated alkanes) is 2. The van der Waals surface area contributed by atoms with Gasteiger partial charge in [-0.2, -0.15) is 26.3 Å². The van der Waals surface area contributed by atoms with E-state index in [2.05, 4.69) is 5.32 Å². The summed E-state index contributed by atoms with van der Waals surface area (Å²) in [5, 5.41) is 11.3. The van der Waals surface area contributed by atoms with Gasteiger partial charge in [0.05, 0.1) is 11.1 Å². The number of nitrogens with one attached hydrogen (secondary N) is 1. The maximum atomic E-state index is 13.1. The van der Waals surface area contributed by atoms with Crippen molar-refractivity contribution in [1.82, 2.24) is 0 Å². The first-order chi connectivity index (χ1) is 17.2. The first-order valence-electron chi connectivity index (χ1n) is 11.4. The molecule has 0 bridgehead atoms. The van der Waals surface area contributed by atoms with Crippen LogP contribution in [0.1, 0.15) is 71.1 Å². The Balaban J connectivity index is 1.74. The zero-order valence-electron chi connectivity index (χ0n) is 19.4. The Labute approximate surface area is 208 Å². The van der Waals surface area contributed by atoms with E-state index in [-0.39, 0.29) is 47.9 Å². The van der Waals surface area contributed by atoms with Crippen molar-refractivity contribution < 1.29 is 45.8 Å². The summed E-state index contributed by atoms with van der Waals surface area (Å²) in [5.74, 6) is -1.68. The molecule has 2 aromatic carbocycles. The first kappa shape index (κ1) is 27.9. The highest BCUT2D eigenvalue weighted by molar-refractivity contribution is 6.13. The number of aryl methyl sites for hydroxylation is 1. The summed E-state index contributed by atoms with van der Waals surface area (Å²) in [6, 6.07) is 5.75. The number of rotatable bonds is 8. The molecular formula is C26H23F6NO4. The van der Waals surface area contributed by atoms with Gasteiger partial charge in [0.1, 0.15) is 0 Å². The van der Waals surface area contributed by atoms with Crippen molar-refractivity contribution in [2.75, 3.05) is 5.32 Å². The minimum absolute atomic E-state index is 0.0336. The number of Topliss-reactive ketones (excluding diaryl/α,β-unsaturated/α-hetero) is 1. The first-order valence-corrected chi connectivity index (χ1v) is 11.4. The molecule has 1 aliphatic rings. The molecule has 3 rings (SSSR count). The number of benzene rings is 2. The highest BCUT2D eigenvalue weighted by Gasteiger charge is 2.37. The van der Waals surface area contributed by atoms with Gasteiger partial charge in [-0.3, -0.25) is 14.4 Å². The summed E-state index contributed by atoms with van der Waals surface area (Å²) in [7, 11) is 0. The topological polar surface area (TPSA) is 83.5 Å². The zero-order chi connectivity index (χ0) is 27.4. The van der Waals surface area contributed by atoms with Gasteiger partial charge in [0.25, 0.3) is 0 Å². The monoisotopic (exact) mass is 527 g/mol. The molecule has 1 aliphatic carbocycles. The molecule has 2 N–H and O–H groups in total. The van der Waals surface area contributed by atoms with Crippen LogP contribution in [0.15, 0.2) is 42.0 Å². The number of carbonyl (C=O) groups excluding carboxylic acids is 2. The molecule has 0 saturated heterocycles. The minimum atomic E-state index is -4.99. The van der Waals surface area contributed by atoms with E-state index in [1.165, 1.54) is 12.1 Å². The number of carboxylic acid groups (broad SMARTS) is 1. The molecule has 0 saturated carbocycles. The lowest BCUT2D eigenvalue weighted by molar-refractivity contribution is -0.143. The molecule has 0 fully saturated rings. The molecule has 0 atom stereocenters. The number of hydrogen-bond donors (Lipinski definition) is 2. The van der Waals surface area contributed by atoms with Crippen LogP contribution in [-0.2, 0) is 28.4 Å². The van der Waals surface area contributed by atoms with Gasteiger partial charge in [-0.25, -0.2) is 0 Å². The molecule has 0 unspecified atom stereocenters. The van der Waals surface area contributed by atoms with E-state index < -0.39 is 35.2 Å². The van der Waals surface area contributed by atoms with E-state index in [1.807, 2.05) is 0 Å². The number of alkyl halides is 6. The van der Waals surface area contributed by atoms with Gasteiger partial charge in [-0.1, -0.05) is 6.42 Å². The highest BCUT2D eigenvalue weighted by Crippen LogP contribution is 2.37. The largest absolute Gasteiger partial charge is 0.481 e. The number of fused-ring (bicyclic) bond motifs is 1. The number of aliphatic carboxylic acids is 1. The van der Waals surface area contributed by atoms with Crippen LogP contribution in [0.4, 0.5) is 32.0 Å². The lowest BCUT2D eigenvalue weighted by Gasteiger charge is -2.19. The highest BCUT2D eigenvalue weighted by atomic mass is 19.4. The molecule has 0 spiro atoms. The fraction of sp³-hybridized carbons (Fsp3) is 0.346. The number of allylic oxidation sites excluding steroid dienone is 1. The van der Waals surface area contributed by atoms with Crippen LogP contribution >= 0.6 is 0 Å². The Bertz CT molecular complexity index is 1200. The molecular weight excluding hydrogens is 504 g/mol. The molecule has 37 heavy (non-hydrogen) atoms. The van der Waals surface area contributed by atoms with Crippen LogP contribution in [0.5, 0.6) is 0 Å². The Kier molecular flexibility index (Phi) is 8.45. The van der Waals surface area contributed by atoms with E-state index in [4.69, 9.17) is 5.11 Å². The maximum Gasteiger partial charge on any atom is 0.416 e. The van der Waals surface area contributed by atoms with E-state index >= 15 is 0 Å². The van der Waals surface area contributed by atoms with Crippen molar-refractivity contribution in [2.24, 2.45) is 0 Å². The molecule has 198 valence electrons. The number of halogens is 6. The quantitative estimate of drug-likeness (QED) is 0.222. The molecule has 11 heteroatoms. The summed E-state index contributed by atoms with van der Waals surface area (Å²) in [6.45, 7) is 0. The molecule has 0 heterocycles. The van der Waals surface area contributed by atoms with Crippen molar-refractivity contribution >= 4 is 29.4 Å². The lowest BCUT2D eigenvalue weighted by Crippen LogP contribution is -2.16. The zero-order valence-corrected chi connectivity index (χ0v) is 19.4. The number of carboxylic acids is 1. The predicted octanol–water partition coefficient (Wildman–Crippen LogP) is 6.91. The molecule has 2 aromatic rings. The molecule has 0 aliphatic heterocycles. The summed E-state index contributed by atoms with van der Waals surface area (Å²) >= 11 is 0. The number of hydrogen-bond acceptors (Lipinski definition) is 3. The van der Waals surface area contributed by atoms with Crippen molar-refractivity contribution in [3.05, 3.63) is 69.8 Å². The minimum Gasteiger partial charge on any atom is -0.481 e. The Morgan fingerprint density at radius 3 is 2.08 bits per heavy atom. The molecule has 0 aromatic heterocycles. The van der Waals surface area contributed by atoms with E-state index in [0.29, 0.717) is 49.1 Å². The third-order valence-corrected chi connectivity index (χ3v) is 5.83. The maximum absolute atomic E-state index is 13.1. The van der Waals surface area contributed by atoms with Crippen molar-refractivity contribution in [3.63, 3.8) is 0 Å². The van der Waals surface area contributed by atoms with E-state index in [9.17, 15) is 40.7 Å². The number of anilines is 1. The number of amides is 1.